The highest BCUT2D eigenvalue weighted by atomic mass is 19.4. The minimum Gasteiger partial charge on any atom is -0.390 e. The van der Waals surface area contributed by atoms with Gasteiger partial charge in [-0.2, -0.15) is 13.2 Å². The van der Waals surface area contributed by atoms with Gasteiger partial charge in [-0.3, -0.25) is 4.90 Å². The molecule has 0 unspecified atom stereocenters. The fourth-order valence-electron chi connectivity index (χ4n) is 3.07. The van der Waals surface area contributed by atoms with Gasteiger partial charge in [0.15, 0.2) is 0 Å². The molecule has 2 aromatic rings. The second-order valence-electron chi connectivity index (χ2n) is 6.29. The van der Waals surface area contributed by atoms with E-state index >= 15 is 0 Å². The van der Waals surface area contributed by atoms with E-state index in [9.17, 15) is 18.3 Å². The SMILES string of the molecule is CN1CCN(C[C@@H](O)Cn2c(C(F)(F)F)nc3ccccc32)CC1. The van der Waals surface area contributed by atoms with Crippen molar-refractivity contribution in [2.24, 2.45) is 0 Å². The molecular weight excluding hydrogens is 321 g/mol. The quantitative estimate of drug-likeness (QED) is 0.918. The molecule has 2 heterocycles. The van der Waals surface area contributed by atoms with Gasteiger partial charge in [0.2, 0.25) is 5.82 Å². The molecule has 1 fully saturated rings. The summed E-state index contributed by atoms with van der Waals surface area (Å²) in [5.41, 5.74) is 0.680. The highest BCUT2D eigenvalue weighted by Crippen LogP contribution is 2.31. The number of halogens is 3. The predicted molar refractivity (Wildman–Crippen MR) is 84.7 cm³/mol. The number of fused-ring (bicyclic) bond motifs is 1. The van der Waals surface area contributed by atoms with Crippen molar-refractivity contribution in [2.75, 3.05) is 39.8 Å². The van der Waals surface area contributed by atoms with Crippen LogP contribution in [-0.2, 0) is 12.7 Å². The van der Waals surface area contributed by atoms with Gasteiger partial charge in [0.1, 0.15) is 0 Å². The van der Waals surface area contributed by atoms with Crippen molar-refractivity contribution in [1.29, 1.82) is 0 Å². The summed E-state index contributed by atoms with van der Waals surface area (Å²) in [7, 11) is 2.03. The first-order valence-corrected chi connectivity index (χ1v) is 7.96. The maximum Gasteiger partial charge on any atom is 0.449 e. The Kier molecular flexibility index (Phi) is 4.80. The van der Waals surface area contributed by atoms with Crippen LogP contribution in [-0.4, -0.2) is 70.3 Å². The van der Waals surface area contributed by atoms with Gasteiger partial charge < -0.3 is 14.6 Å². The number of hydrogen-bond donors (Lipinski definition) is 1. The second-order valence-corrected chi connectivity index (χ2v) is 6.29. The third-order valence-electron chi connectivity index (χ3n) is 4.37. The molecule has 0 radical (unpaired) electrons. The molecular formula is C16H21F3N4O. The summed E-state index contributed by atoms with van der Waals surface area (Å²) in [5, 5.41) is 10.3. The molecule has 24 heavy (non-hydrogen) atoms. The van der Waals surface area contributed by atoms with Crippen molar-refractivity contribution in [3.05, 3.63) is 30.1 Å². The van der Waals surface area contributed by atoms with Crippen LogP contribution in [0.3, 0.4) is 0 Å². The number of aromatic nitrogens is 2. The lowest BCUT2D eigenvalue weighted by atomic mass is 10.2. The Morgan fingerprint density at radius 2 is 1.79 bits per heavy atom. The largest absolute Gasteiger partial charge is 0.449 e. The second kappa shape index (κ2) is 6.70. The van der Waals surface area contributed by atoms with Crippen molar-refractivity contribution in [2.45, 2.75) is 18.8 Å². The van der Waals surface area contributed by atoms with E-state index in [1.807, 2.05) is 7.05 Å². The minimum absolute atomic E-state index is 0.123. The van der Waals surface area contributed by atoms with Gasteiger partial charge in [-0.1, -0.05) is 12.1 Å². The van der Waals surface area contributed by atoms with Gasteiger partial charge in [-0.25, -0.2) is 4.98 Å². The van der Waals surface area contributed by atoms with Crippen molar-refractivity contribution >= 4 is 11.0 Å². The number of imidazole rings is 1. The molecule has 1 saturated heterocycles. The monoisotopic (exact) mass is 342 g/mol. The number of β-amino-alcohol motifs (C(OH)–C–C–N with tert-alkyl or cyclic N) is 1. The molecule has 0 bridgehead atoms. The number of nitrogens with zero attached hydrogens (tertiary/aromatic N) is 4. The maximum atomic E-state index is 13.3. The smallest absolute Gasteiger partial charge is 0.390 e. The van der Waals surface area contributed by atoms with Gasteiger partial charge in [0.25, 0.3) is 0 Å². The first kappa shape index (κ1) is 17.2. The third-order valence-corrected chi connectivity index (χ3v) is 4.37. The Hall–Kier alpha value is -1.64. The minimum atomic E-state index is -4.55. The Morgan fingerprint density at radius 3 is 2.46 bits per heavy atom. The normalized spacial score (nSPS) is 19.0. The molecule has 1 aromatic carbocycles. The number of aliphatic hydroxyl groups is 1. The summed E-state index contributed by atoms with van der Waals surface area (Å²) in [6.07, 6.45) is -5.43. The lowest BCUT2D eigenvalue weighted by Gasteiger charge is -2.33. The lowest BCUT2D eigenvalue weighted by molar-refractivity contribution is -0.147. The van der Waals surface area contributed by atoms with Crippen molar-refractivity contribution in [3.8, 4) is 0 Å². The molecule has 8 heteroatoms. The van der Waals surface area contributed by atoms with Crippen LogP contribution in [0.4, 0.5) is 13.2 Å². The first-order chi connectivity index (χ1) is 11.3. The molecule has 1 atom stereocenters. The topological polar surface area (TPSA) is 44.5 Å². The summed E-state index contributed by atoms with van der Waals surface area (Å²) in [5.74, 6) is -0.957. The molecule has 0 spiro atoms. The fraction of sp³-hybridized carbons (Fsp3) is 0.562. The Labute approximate surface area is 138 Å². The van der Waals surface area contributed by atoms with Gasteiger partial charge in [0.05, 0.1) is 23.7 Å². The number of para-hydroxylation sites is 2. The molecule has 0 amide bonds. The highest BCUT2D eigenvalue weighted by molar-refractivity contribution is 5.76. The summed E-state index contributed by atoms with van der Waals surface area (Å²) in [6.45, 7) is 3.65. The van der Waals surface area contributed by atoms with Crippen LogP contribution < -0.4 is 0 Å². The van der Waals surface area contributed by atoms with Gasteiger partial charge >= 0.3 is 6.18 Å². The zero-order valence-electron chi connectivity index (χ0n) is 13.5. The number of piperazine rings is 1. The molecule has 1 N–H and O–H groups in total. The predicted octanol–water partition coefficient (Wildman–Crippen LogP) is 1.66. The average molecular weight is 342 g/mol. The number of rotatable bonds is 4. The summed E-state index contributed by atoms with van der Waals surface area (Å²) in [6, 6.07) is 6.47. The van der Waals surface area contributed by atoms with Gasteiger partial charge in [0, 0.05) is 32.7 Å². The lowest BCUT2D eigenvalue weighted by Crippen LogP contribution is -2.47. The Balaban J connectivity index is 1.78. The van der Waals surface area contributed by atoms with Crippen LogP contribution in [0, 0.1) is 0 Å². The number of alkyl halides is 3. The van der Waals surface area contributed by atoms with Gasteiger partial charge in [-0.15, -0.1) is 0 Å². The standard InChI is InChI=1S/C16H21F3N4O/c1-21-6-8-22(9-7-21)10-12(24)11-23-14-5-3-2-4-13(14)20-15(23)16(17,18)19/h2-5,12,24H,6-11H2,1H3/t12-/m1/s1. The summed E-state index contributed by atoms with van der Waals surface area (Å²) >= 11 is 0. The van der Waals surface area contributed by atoms with Crippen molar-refractivity contribution < 1.29 is 18.3 Å². The maximum absolute atomic E-state index is 13.3. The zero-order chi connectivity index (χ0) is 17.3. The molecule has 0 saturated carbocycles. The number of benzene rings is 1. The van der Waals surface area contributed by atoms with E-state index < -0.39 is 18.1 Å². The Morgan fingerprint density at radius 1 is 1.12 bits per heavy atom. The van der Waals surface area contributed by atoms with E-state index in [0.717, 1.165) is 30.7 Å². The van der Waals surface area contributed by atoms with E-state index in [2.05, 4.69) is 14.8 Å². The Bertz CT molecular complexity index is 692. The van der Waals surface area contributed by atoms with E-state index in [0.29, 0.717) is 12.1 Å². The number of aliphatic hydroxyl groups excluding tert-OH is 1. The van der Waals surface area contributed by atoms with Crippen molar-refractivity contribution in [1.82, 2.24) is 19.4 Å². The zero-order valence-corrected chi connectivity index (χ0v) is 13.5. The number of likely N-dealkylation sites (N-methyl/N-ethyl adjacent to an activating group) is 1. The molecule has 0 aliphatic carbocycles. The van der Waals surface area contributed by atoms with Crippen LogP contribution in [0.1, 0.15) is 5.82 Å². The average Bonchev–Trinajstić information content (AvgIpc) is 2.89. The van der Waals surface area contributed by atoms with Crippen LogP contribution in [0.25, 0.3) is 11.0 Å². The van der Waals surface area contributed by atoms with Crippen LogP contribution in [0.15, 0.2) is 24.3 Å². The molecule has 1 aliphatic rings. The summed E-state index contributed by atoms with van der Waals surface area (Å²) < 4.78 is 40.9. The van der Waals surface area contributed by atoms with Gasteiger partial charge in [-0.05, 0) is 19.2 Å². The highest BCUT2D eigenvalue weighted by Gasteiger charge is 2.38. The van der Waals surface area contributed by atoms with Crippen LogP contribution >= 0.6 is 0 Å². The first-order valence-electron chi connectivity index (χ1n) is 7.96. The molecule has 3 rings (SSSR count). The molecule has 132 valence electrons. The van der Waals surface area contributed by atoms with Crippen LogP contribution in [0.5, 0.6) is 0 Å². The molecule has 1 aliphatic heterocycles. The van der Waals surface area contributed by atoms with E-state index in [4.69, 9.17) is 0 Å². The van der Waals surface area contributed by atoms with E-state index in [1.165, 1.54) is 0 Å². The van der Waals surface area contributed by atoms with Crippen LogP contribution in [0.2, 0.25) is 0 Å². The third kappa shape index (κ3) is 3.71. The molecule has 5 nitrogen and oxygen atoms in total. The van der Waals surface area contributed by atoms with Crippen molar-refractivity contribution in [3.63, 3.8) is 0 Å². The van der Waals surface area contributed by atoms with E-state index in [1.54, 1.807) is 24.3 Å². The van der Waals surface area contributed by atoms with E-state index in [-0.39, 0.29) is 12.1 Å². The number of hydrogen-bond acceptors (Lipinski definition) is 4. The fourth-order valence-corrected chi connectivity index (χ4v) is 3.07. The summed E-state index contributed by atoms with van der Waals surface area (Å²) in [4.78, 5) is 7.97. The molecule has 1 aromatic heterocycles.